The van der Waals surface area contributed by atoms with Crippen molar-refractivity contribution in [3.05, 3.63) is 53.8 Å². The van der Waals surface area contributed by atoms with Crippen LogP contribution in [0.4, 0.5) is 4.39 Å². The summed E-state index contributed by atoms with van der Waals surface area (Å²) >= 11 is 1.29. The molecule has 182 valence electrons. The van der Waals surface area contributed by atoms with Gasteiger partial charge >= 0.3 is 0 Å². The highest BCUT2D eigenvalue weighted by Gasteiger charge is 2.27. The van der Waals surface area contributed by atoms with Gasteiger partial charge in [0.25, 0.3) is 0 Å². The van der Waals surface area contributed by atoms with Crippen LogP contribution < -0.4 is 5.32 Å². The molecule has 1 atom stereocenters. The van der Waals surface area contributed by atoms with Gasteiger partial charge in [0, 0.05) is 19.6 Å². The number of rotatable bonds is 8. The number of imidazole rings is 1. The molecule has 2 aromatic carbocycles. The van der Waals surface area contributed by atoms with E-state index in [1.165, 1.54) is 28.2 Å². The molecule has 1 aliphatic heterocycles. The van der Waals surface area contributed by atoms with Crippen LogP contribution in [-0.2, 0) is 26.1 Å². The maximum absolute atomic E-state index is 13.1. The van der Waals surface area contributed by atoms with Crippen molar-refractivity contribution >= 4 is 38.7 Å². The van der Waals surface area contributed by atoms with Gasteiger partial charge in [-0.05, 0) is 49.7 Å². The van der Waals surface area contributed by atoms with Gasteiger partial charge in [0.15, 0.2) is 5.16 Å². The topological polar surface area (TPSA) is 93.5 Å². The number of halogens is 1. The predicted molar refractivity (Wildman–Crippen MR) is 129 cm³/mol. The van der Waals surface area contributed by atoms with Gasteiger partial charge in [-0.15, -0.1) is 0 Å². The van der Waals surface area contributed by atoms with Crippen molar-refractivity contribution in [2.75, 3.05) is 32.1 Å². The molecule has 1 saturated heterocycles. The summed E-state index contributed by atoms with van der Waals surface area (Å²) in [6.07, 6.45) is 0. The highest BCUT2D eigenvalue weighted by Crippen LogP contribution is 2.27. The minimum absolute atomic E-state index is 0.147. The van der Waals surface area contributed by atoms with Crippen LogP contribution in [0.5, 0.6) is 0 Å². The standard InChI is InChI=1S/C23H27FN4O4S2/c1-3-28-21-9-8-19(34(30,31)27-10-12-32-13-11-27)14-20(21)26-23(28)33-15-22(29)25-16(2)17-4-6-18(24)7-5-17/h4-9,14,16H,3,10-13,15H2,1-2H3,(H,25,29). The Balaban J connectivity index is 1.48. The van der Waals surface area contributed by atoms with Crippen LogP contribution in [0.1, 0.15) is 25.5 Å². The van der Waals surface area contributed by atoms with Gasteiger partial charge in [-0.2, -0.15) is 4.31 Å². The summed E-state index contributed by atoms with van der Waals surface area (Å²) in [5.74, 6) is -0.349. The lowest BCUT2D eigenvalue weighted by Crippen LogP contribution is -2.40. The van der Waals surface area contributed by atoms with Gasteiger partial charge < -0.3 is 14.6 Å². The Morgan fingerprint density at radius 1 is 1.21 bits per heavy atom. The summed E-state index contributed by atoms with van der Waals surface area (Å²) in [6.45, 7) is 5.87. The van der Waals surface area contributed by atoms with Crippen LogP contribution in [0.2, 0.25) is 0 Å². The molecule has 1 amide bonds. The maximum atomic E-state index is 13.1. The van der Waals surface area contributed by atoms with Gasteiger partial charge in [0.05, 0.1) is 40.9 Å². The largest absolute Gasteiger partial charge is 0.379 e. The Bertz CT molecular complexity index is 1270. The first-order valence-corrected chi connectivity index (χ1v) is 13.5. The minimum atomic E-state index is -3.62. The normalized spacial score (nSPS) is 16.0. The van der Waals surface area contributed by atoms with Gasteiger partial charge in [0.2, 0.25) is 15.9 Å². The highest BCUT2D eigenvalue weighted by molar-refractivity contribution is 7.99. The summed E-state index contributed by atoms with van der Waals surface area (Å²) in [6, 6.07) is 10.7. The molecule has 0 bridgehead atoms. The van der Waals surface area contributed by atoms with Gasteiger partial charge in [-0.3, -0.25) is 4.79 Å². The molecule has 11 heteroatoms. The van der Waals surface area contributed by atoms with Crippen LogP contribution in [0.15, 0.2) is 52.5 Å². The Kier molecular flexibility index (Phi) is 7.56. The third kappa shape index (κ3) is 5.27. The Morgan fingerprint density at radius 3 is 2.59 bits per heavy atom. The van der Waals surface area contributed by atoms with Crippen molar-refractivity contribution in [3.63, 3.8) is 0 Å². The first kappa shape index (κ1) is 24.6. The maximum Gasteiger partial charge on any atom is 0.243 e. The number of aromatic nitrogens is 2. The first-order chi connectivity index (χ1) is 16.3. The van der Waals surface area contributed by atoms with E-state index in [2.05, 4.69) is 10.3 Å². The molecule has 3 aromatic rings. The van der Waals surface area contributed by atoms with E-state index < -0.39 is 10.0 Å². The molecule has 34 heavy (non-hydrogen) atoms. The van der Waals surface area contributed by atoms with E-state index in [4.69, 9.17) is 4.74 Å². The Hall–Kier alpha value is -2.47. The number of nitrogens with zero attached hydrogens (tertiary/aromatic N) is 3. The van der Waals surface area contributed by atoms with E-state index in [-0.39, 0.29) is 28.4 Å². The average Bonchev–Trinajstić information content (AvgIpc) is 3.20. The average molecular weight is 507 g/mol. The van der Waals surface area contributed by atoms with E-state index >= 15 is 0 Å². The van der Waals surface area contributed by atoms with E-state index in [1.54, 1.807) is 30.3 Å². The lowest BCUT2D eigenvalue weighted by atomic mass is 10.1. The zero-order chi connectivity index (χ0) is 24.3. The molecule has 1 aromatic heterocycles. The number of hydrogen-bond acceptors (Lipinski definition) is 6. The molecule has 1 N–H and O–H groups in total. The molecule has 8 nitrogen and oxygen atoms in total. The van der Waals surface area contributed by atoms with Gasteiger partial charge in [0.1, 0.15) is 5.82 Å². The van der Waals surface area contributed by atoms with Crippen LogP contribution in [0.25, 0.3) is 11.0 Å². The van der Waals surface area contributed by atoms with Gasteiger partial charge in [-0.25, -0.2) is 17.8 Å². The number of nitrogens with one attached hydrogen (secondary N) is 1. The van der Waals surface area contributed by atoms with Crippen molar-refractivity contribution in [3.8, 4) is 0 Å². The van der Waals surface area contributed by atoms with Crippen molar-refractivity contribution in [2.24, 2.45) is 0 Å². The second kappa shape index (κ2) is 10.4. The number of fused-ring (bicyclic) bond motifs is 1. The van der Waals surface area contributed by atoms with Crippen molar-refractivity contribution < 1.29 is 22.3 Å². The number of hydrogen-bond donors (Lipinski definition) is 1. The summed E-state index contributed by atoms with van der Waals surface area (Å²) < 4.78 is 47.8. The van der Waals surface area contributed by atoms with Crippen LogP contribution in [-0.4, -0.2) is 60.2 Å². The third-order valence-electron chi connectivity index (χ3n) is 5.69. The monoisotopic (exact) mass is 506 g/mol. The summed E-state index contributed by atoms with van der Waals surface area (Å²) in [5.41, 5.74) is 2.19. The van der Waals surface area contributed by atoms with E-state index in [0.29, 0.717) is 43.5 Å². The molecule has 0 spiro atoms. The fraction of sp³-hybridized carbons (Fsp3) is 0.391. The SMILES string of the molecule is CCn1c(SCC(=O)NC(C)c2ccc(F)cc2)nc2cc(S(=O)(=O)N3CCOCC3)ccc21. The van der Waals surface area contributed by atoms with E-state index in [9.17, 15) is 17.6 Å². The second-order valence-electron chi connectivity index (χ2n) is 7.94. The fourth-order valence-electron chi connectivity index (χ4n) is 3.85. The minimum Gasteiger partial charge on any atom is -0.379 e. The molecule has 1 aliphatic rings. The zero-order valence-corrected chi connectivity index (χ0v) is 20.7. The molecule has 1 fully saturated rings. The predicted octanol–water partition coefficient (Wildman–Crippen LogP) is 3.19. The molecule has 2 heterocycles. The highest BCUT2D eigenvalue weighted by atomic mass is 32.2. The number of morpholine rings is 1. The second-order valence-corrected chi connectivity index (χ2v) is 10.8. The molecule has 0 radical (unpaired) electrons. The van der Waals surface area contributed by atoms with E-state index in [1.807, 2.05) is 18.4 Å². The Labute approximate surface area is 202 Å². The molecule has 0 saturated carbocycles. The van der Waals surface area contributed by atoms with E-state index in [0.717, 1.165) is 11.1 Å². The summed E-state index contributed by atoms with van der Waals surface area (Å²) in [5, 5.41) is 3.55. The number of carbonyl (C=O) groups is 1. The third-order valence-corrected chi connectivity index (χ3v) is 8.56. The number of sulfonamides is 1. The fourth-order valence-corrected chi connectivity index (χ4v) is 6.17. The molecule has 0 aliphatic carbocycles. The molecular weight excluding hydrogens is 479 g/mol. The van der Waals surface area contributed by atoms with Crippen LogP contribution in [0.3, 0.4) is 0 Å². The van der Waals surface area contributed by atoms with Crippen molar-refractivity contribution in [2.45, 2.75) is 36.5 Å². The summed E-state index contributed by atoms with van der Waals surface area (Å²) in [4.78, 5) is 17.3. The van der Waals surface area contributed by atoms with Crippen molar-refractivity contribution in [1.82, 2.24) is 19.2 Å². The lowest BCUT2D eigenvalue weighted by molar-refractivity contribution is -0.119. The number of benzene rings is 2. The number of amides is 1. The molecule has 1 unspecified atom stereocenters. The lowest BCUT2D eigenvalue weighted by Gasteiger charge is -2.26. The molecular formula is C23H27FN4O4S2. The smallest absolute Gasteiger partial charge is 0.243 e. The quantitative estimate of drug-likeness (QED) is 0.472. The first-order valence-electron chi connectivity index (χ1n) is 11.1. The number of thioether (sulfide) groups is 1. The van der Waals surface area contributed by atoms with Crippen LogP contribution in [0, 0.1) is 5.82 Å². The van der Waals surface area contributed by atoms with Gasteiger partial charge in [-0.1, -0.05) is 23.9 Å². The van der Waals surface area contributed by atoms with Crippen molar-refractivity contribution in [1.29, 1.82) is 0 Å². The molecule has 4 rings (SSSR count). The zero-order valence-electron chi connectivity index (χ0n) is 19.0. The number of carbonyl (C=O) groups excluding carboxylic acids is 1. The van der Waals surface area contributed by atoms with Crippen LogP contribution >= 0.6 is 11.8 Å². The number of aryl methyl sites for hydroxylation is 1. The Morgan fingerprint density at radius 2 is 1.91 bits per heavy atom. The number of ether oxygens (including phenoxy) is 1. The summed E-state index contributed by atoms with van der Waals surface area (Å²) in [7, 11) is -3.62.